The molecule has 0 aliphatic heterocycles. The molecule has 1 unspecified atom stereocenters. The van der Waals surface area contributed by atoms with Crippen LogP contribution >= 0.6 is 0 Å². The van der Waals surface area contributed by atoms with E-state index in [1.54, 1.807) is 0 Å². The third-order valence-corrected chi connectivity index (χ3v) is 2.52. The Kier molecular flexibility index (Phi) is 5.31. The number of hydrogen-bond donors (Lipinski definition) is 1. The lowest BCUT2D eigenvalue weighted by Gasteiger charge is -2.15. The molecule has 1 rings (SSSR count). The highest BCUT2D eigenvalue weighted by Gasteiger charge is 2.09. The number of rotatable bonds is 6. The fourth-order valence-electron chi connectivity index (χ4n) is 1.80. The van der Waals surface area contributed by atoms with Crippen molar-refractivity contribution in [1.82, 2.24) is 0 Å². The molecule has 0 amide bonds. The molecule has 77 valence electrons. The molecule has 0 aliphatic rings. The van der Waals surface area contributed by atoms with E-state index in [9.17, 15) is 0 Å². The maximum absolute atomic E-state index is 8.82. The van der Waals surface area contributed by atoms with Crippen LogP contribution in [0.15, 0.2) is 24.3 Å². The molecule has 1 heteroatoms. The average molecular weight is 191 g/mol. The Balaban J connectivity index is 2.58. The van der Waals surface area contributed by atoms with Gasteiger partial charge in [0, 0.05) is 6.61 Å². The lowest BCUT2D eigenvalue weighted by molar-refractivity contribution is 0.278. The summed E-state index contributed by atoms with van der Waals surface area (Å²) in [5, 5.41) is 8.82. The summed E-state index contributed by atoms with van der Waals surface area (Å²) in [6, 6.07) is 11.4. The molecule has 1 radical (unpaired) electrons. The number of aliphatic hydroxyl groups excluding tert-OH is 1. The molecule has 0 heterocycles. The van der Waals surface area contributed by atoms with Crippen LogP contribution in [0.5, 0.6) is 0 Å². The Morgan fingerprint density at radius 3 is 2.79 bits per heavy atom. The van der Waals surface area contributed by atoms with Crippen molar-refractivity contribution >= 4 is 0 Å². The second kappa shape index (κ2) is 6.61. The van der Waals surface area contributed by atoms with Crippen molar-refractivity contribution in [1.29, 1.82) is 0 Å². The molecular formula is C13H19O. The Morgan fingerprint density at radius 2 is 2.21 bits per heavy atom. The van der Waals surface area contributed by atoms with Crippen LogP contribution in [0.1, 0.15) is 44.1 Å². The predicted molar refractivity (Wildman–Crippen MR) is 59.2 cm³/mol. The van der Waals surface area contributed by atoms with E-state index in [1.807, 2.05) is 12.1 Å². The van der Waals surface area contributed by atoms with Crippen LogP contribution in [0.2, 0.25) is 0 Å². The van der Waals surface area contributed by atoms with E-state index < -0.39 is 0 Å². The van der Waals surface area contributed by atoms with Gasteiger partial charge in [0.05, 0.1) is 0 Å². The number of benzene rings is 1. The van der Waals surface area contributed by atoms with E-state index >= 15 is 0 Å². The van der Waals surface area contributed by atoms with Gasteiger partial charge in [0.25, 0.3) is 0 Å². The molecule has 0 bridgehead atoms. The Bertz CT molecular complexity index is 230. The number of hydrogen-bond acceptors (Lipinski definition) is 1. The summed E-state index contributed by atoms with van der Waals surface area (Å²) in [6.45, 7) is 2.50. The lowest BCUT2D eigenvalue weighted by Crippen LogP contribution is -2.00. The molecule has 0 saturated heterocycles. The van der Waals surface area contributed by atoms with E-state index in [-0.39, 0.29) is 0 Å². The van der Waals surface area contributed by atoms with Crippen LogP contribution in [0, 0.1) is 6.07 Å². The first kappa shape index (κ1) is 11.3. The minimum absolute atomic E-state index is 0.299. The Hall–Kier alpha value is -0.820. The van der Waals surface area contributed by atoms with Crippen molar-refractivity contribution in [3.8, 4) is 0 Å². The lowest BCUT2D eigenvalue weighted by atomic mass is 9.90. The van der Waals surface area contributed by atoms with Gasteiger partial charge in [-0.15, -0.1) is 0 Å². The second-order valence-corrected chi connectivity index (χ2v) is 3.67. The monoisotopic (exact) mass is 191 g/mol. The summed E-state index contributed by atoms with van der Waals surface area (Å²) >= 11 is 0. The molecule has 0 fully saturated rings. The summed E-state index contributed by atoms with van der Waals surface area (Å²) in [4.78, 5) is 0. The first-order chi connectivity index (χ1) is 6.88. The van der Waals surface area contributed by atoms with Gasteiger partial charge >= 0.3 is 0 Å². The standard InChI is InChI=1S/C13H19O/c1-2-7-12(10-6-11-14)13-8-4-3-5-9-13/h3-5,8,12,14H,2,6-7,10-11H2,1H3. The highest BCUT2D eigenvalue weighted by atomic mass is 16.2. The zero-order chi connectivity index (χ0) is 10.2. The normalized spacial score (nSPS) is 12.7. The molecule has 0 saturated carbocycles. The van der Waals surface area contributed by atoms with E-state index in [0.29, 0.717) is 12.5 Å². The minimum atomic E-state index is 0.299. The third kappa shape index (κ3) is 3.51. The minimum Gasteiger partial charge on any atom is -0.396 e. The molecule has 14 heavy (non-hydrogen) atoms. The quantitative estimate of drug-likeness (QED) is 0.732. The summed E-state index contributed by atoms with van der Waals surface area (Å²) in [6.07, 6.45) is 4.36. The van der Waals surface area contributed by atoms with Crippen molar-refractivity contribution < 1.29 is 5.11 Å². The Morgan fingerprint density at radius 1 is 1.36 bits per heavy atom. The third-order valence-electron chi connectivity index (χ3n) is 2.52. The fraction of sp³-hybridized carbons (Fsp3) is 0.538. The highest BCUT2D eigenvalue weighted by Crippen LogP contribution is 2.25. The highest BCUT2D eigenvalue weighted by molar-refractivity contribution is 5.17. The zero-order valence-corrected chi connectivity index (χ0v) is 8.87. The molecule has 0 spiro atoms. The van der Waals surface area contributed by atoms with E-state index in [0.717, 1.165) is 12.8 Å². The number of aliphatic hydroxyl groups is 1. The first-order valence-corrected chi connectivity index (χ1v) is 5.46. The van der Waals surface area contributed by atoms with Gasteiger partial charge in [-0.2, -0.15) is 0 Å². The summed E-state index contributed by atoms with van der Waals surface area (Å²) < 4.78 is 0. The fourth-order valence-corrected chi connectivity index (χ4v) is 1.80. The van der Waals surface area contributed by atoms with Crippen LogP contribution in [0.3, 0.4) is 0 Å². The smallest absolute Gasteiger partial charge is 0.0431 e. The van der Waals surface area contributed by atoms with Crippen LogP contribution in [0.4, 0.5) is 0 Å². The summed E-state index contributed by atoms with van der Waals surface area (Å²) in [5.74, 6) is 0.577. The van der Waals surface area contributed by atoms with Gasteiger partial charge in [-0.05, 0) is 36.8 Å². The van der Waals surface area contributed by atoms with Crippen molar-refractivity contribution in [2.45, 2.75) is 38.5 Å². The summed E-state index contributed by atoms with van der Waals surface area (Å²) in [7, 11) is 0. The molecule has 1 aromatic rings. The van der Waals surface area contributed by atoms with Crippen molar-refractivity contribution in [3.05, 3.63) is 35.9 Å². The van der Waals surface area contributed by atoms with Crippen LogP contribution in [-0.4, -0.2) is 11.7 Å². The van der Waals surface area contributed by atoms with Gasteiger partial charge < -0.3 is 5.11 Å². The molecule has 0 aromatic heterocycles. The van der Waals surface area contributed by atoms with Gasteiger partial charge in [-0.3, -0.25) is 0 Å². The maximum atomic E-state index is 8.82. The van der Waals surface area contributed by atoms with Gasteiger partial charge in [0.1, 0.15) is 0 Å². The largest absolute Gasteiger partial charge is 0.396 e. The average Bonchev–Trinajstić information content (AvgIpc) is 2.25. The van der Waals surface area contributed by atoms with Gasteiger partial charge in [0.2, 0.25) is 0 Å². The Labute approximate surface area is 86.8 Å². The topological polar surface area (TPSA) is 20.2 Å². The SMILES string of the molecule is CCCC(CCCO)c1[c]cccc1. The van der Waals surface area contributed by atoms with E-state index in [1.165, 1.54) is 18.4 Å². The van der Waals surface area contributed by atoms with Gasteiger partial charge in [-0.1, -0.05) is 37.6 Å². The second-order valence-electron chi connectivity index (χ2n) is 3.67. The molecule has 1 atom stereocenters. The maximum Gasteiger partial charge on any atom is 0.0431 e. The van der Waals surface area contributed by atoms with Gasteiger partial charge in [0.15, 0.2) is 0 Å². The molecule has 0 aliphatic carbocycles. The first-order valence-electron chi connectivity index (χ1n) is 5.46. The van der Waals surface area contributed by atoms with Crippen LogP contribution in [0.25, 0.3) is 0 Å². The van der Waals surface area contributed by atoms with E-state index in [2.05, 4.69) is 25.1 Å². The molecule has 1 N–H and O–H groups in total. The predicted octanol–water partition coefficient (Wildman–Crippen LogP) is 3.14. The van der Waals surface area contributed by atoms with Gasteiger partial charge in [-0.25, -0.2) is 0 Å². The van der Waals surface area contributed by atoms with Crippen molar-refractivity contribution in [3.63, 3.8) is 0 Å². The molecular weight excluding hydrogens is 172 g/mol. The summed E-state index contributed by atoms with van der Waals surface area (Å²) in [5.41, 5.74) is 1.29. The molecule has 1 aromatic carbocycles. The van der Waals surface area contributed by atoms with Crippen LogP contribution in [-0.2, 0) is 0 Å². The van der Waals surface area contributed by atoms with Crippen molar-refractivity contribution in [2.24, 2.45) is 0 Å². The van der Waals surface area contributed by atoms with E-state index in [4.69, 9.17) is 5.11 Å². The molecule has 1 nitrogen and oxygen atoms in total. The van der Waals surface area contributed by atoms with Crippen molar-refractivity contribution in [2.75, 3.05) is 6.61 Å². The van der Waals surface area contributed by atoms with Crippen LogP contribution < -0.4 is 0 Å². The zero-order valence-electron chi connectivity index (χ0n) is 8.87.